The molecule has 6 nitrogen and oxygen atoms in total. The molecule has 0 spiro atoms. The molecular formula is C9H18FO6P. The largest absolute Gasteiger partial charge is 0.367 e. The number of ether oxygens (including phenoxy) is 3. The van der Waals surface area contributed by atoms with E-state index in [4.69, 9.17) is 24.0 Å². The number of hydrogen-bond donors (Lipinski definition) is 2. The minimum Gasteiger partial charge on any atom is -0.367 e. The second kappa shape index (κ2) is 5.73. The summed E-state index contributed by atoms with van der Waals surface area (Å²) in [6.45, 7) is 4.98. The first-order chi connectivity index (χ1) is 7.70. The van der Waals surface area contributed by atoms with Crippen molar-refractivity contribution in [2.24, 2.45) is 0 Å². The van der Waals surface area contributed by atoms with Crippen LogP contribution in [0.2, 0.25) is 0 Å². The van der Waals surface area contributed by atoms with E-state index in [1.54, 1.807) is 13.8 Å². The van der Waals surface area contributed by atoms with Gasteiger partial charge in [-0.25, -0.2) is 4.39 Å². The van der Waals surface area contributed by atoms with Crippen molar-refractivity contribution in [3.8, 4) is 0 Å². The molecule has 8 heteroatoms. The fourth-order valence-electron chi connectivity index (χ4n) is 1.54. The van der Waals surface area contributed by atoms with Crippen LogP contribution in [0, 0.1) is 0 Å². The van der Waals surface area contributed by atoms with Crippen LogP contribution in [0.1, 0.15) is 20.8 Å². The lowest BCUT2D eigenvalue weighted by atomic mass is 10.2. The molecule has 0 saturated carbocycles. The maximum absolute atomic E-state index is 13.7. The van der Waals surface area contributed by atoms with Gasteiger partial charge in [0.05, 0.1) is 12.2 Å². The van der Waals surface area contributed by atoms with Crippen LogP contribution in [0.5, 0.6) is 0 Å². The van der Waals surface area contributed by atoms with Crippen LogP contribution in [0.4, 0.5) is 4.39 Å². The molecular weight excluding hydrogens is 254 g/mol. The van der Waals surface area contributed by atoms with Crippen molar-refractivity contribution >= 4 is 7.60 Å². The lowest BCUT2D eigenvalue weighted by molar-refractivity contribution is -0.174. The van der Waals surface area contributed by atoms with E-state index < -0.39 is 38.6 Å². The van der Waals surface area contributed by atoms with Crippen molar-refractivity contribution in [3.63, 3.8) is 0 Å². The molecule has 2 N–H and O–H groups in total. The third-order valence-electron chi connectivity index (χ3n) is 2.22. The SMILES string of the molecule is CC(C)O[C@@H]1[C@@H](OCP(=O)(O)O)O[C@@H](C)[C@@H]1F. The van der Waals surface area contributed by atoms with Crippen LogP contribution in [-0.2, 0) is 18.8 Å². The van der Waals surface area contributed by atoms with Gasteiger partial charge in [0.25, 0.3) is 0 Å². The molecule has 0 aromatic carbocycles. The van der Waals surface area contributed by atoms with Gasteiger partial charge in [0.1, 0.15) is 6.10 Å². The minimum absolute atomic E-state index is 0.228. The molecule has 1 heterocycles. The topological polar surface area (TPSA) is 85.2 Å². The Hall–Kier alpha value is -0.0400. The molecule has 1 rings (SSSR count). The third kappa shape index (κ3) is 4.62. The maximum atomic E-state index is 13.7. The number of halogens is 1. The predicted octanol–water partition coefficient (Wildman–Crippen LogP) is 1.01. The van der Waals surface area contributed by atoms with Crippen LogP contribution in [0.3, 0.4) is 0 Å². The van der Waals surface area contributed by atoms with Gasteiger partial charge in [0.15, 0.2) is 18.8 Å². The molecule has 1 aliphatic rings. The van der Waals surface area contributed by atoms with Gasteiger partial charge in [-0.05, 0) is 20.8 Å². The first-order valence-electron chi connectivity index (χ1n) is 5.32. The van der Waals surface area contributed by atoms with E-state index in [1.165, 1.54) is 6.92 Å². The van der Waals surface area contributed by atoms with Crippen LogP contribution >= 0.6 is 7.60 Å². The number of rotatable bonds is 5. The van der Waals surface area contributed by atoms with Gasteiger partial charge in [-0.2, -0.15) is 0 Å². The monoisotopic (exact) mass is 272 g/mol. The van der Waals surface area contributed by atoms with Crippen LogP contribution < -0.4 is 0 Å². The van der Waals surface area contributed by atoms with Gasteiger partial charge in [0.2, 0.25) is 0 Å². The Kier molecular flexibility index (Phi) is 5.07. The van der Waals surface area contributed by atoms with Gasteiger partial charge in [-0.3, -0.25) is 4.57 Å². The highest BCUT2D eigenvalue weighted by atomic mass is 31.2. The zero-order valence-corrected chi connectivity index (χ0v) is 10.8. The van der Waals surface area contributed by atoms with Gasteiger partial charge < -0.3 is 24.0 Å². The number of alkyl halides is 1. The van der Waals surface area contributed by atoms with Crippen LogP contribution in [0.15, 0.2) is 0 Å². The molecule has 4 atom stereocenters. The molecule has 0 aliphatic carbocycles. The number of hydrogen-bond acceptors (Lipinski definition) is 4. The Morgan fingerprint density at radius 2 is 2.06 bits per heavy atom. The molecule has 0 unspecified atom stereocenters. The quantitative estimate of drug-likeness (QED) is 0.727. The fraction of sp³-hybridized carbons (Fsp3) is 1.00. The van der Waals surface area contributed by atoms with E-state index >= 15 is 0 Å². The first kappa shape index (κ1) is 15.0. The molecule has 102 valence electrons. The van der Waals surface area contributed by atoms with Crippen molar-refractivity contribution in [1.29, 1.82) is 0 Å². The lowest BCUT2D eigenvalue weighted by Gasteiger charge is -2.22. The summed E-state index contributed by atoms with van der Waals surface area (Å²) in [5.74, 6) is 0. The summed E-state index contributed by atoms with van der Waals surface area (Å²) in [5, 5.41) is 0. The van der Waals surface area contributed by atoms with Crippen molar-refractivity contribution in [2.45, 2.75) is 51.5 Å². The van der Waals surface area contributed by atoms with Gasteiger partial charge in [-0.15, -0.1) is 0 Å². The van der Waals surface area contributed by atoms with Crippen molar-refractivity contribution in [3.05, 3.63) is 0 Å². The average molecular weight is 272 g/mol. The lowest BCUT2D eigenvalue weighted by Crippen LogP contribution is -2.35. The molecule has 1 aliphatic heterocycles. The summed E-state index contributed by atoms with van der Waals surface area (Å²) in [6, 6.07) is 0. The molecule has 0 radical (unpaired) electrons. The summed E-state index contributed by atoms with van der Waals surface area (Å²) < 4.78 is 39.6. The normalized spacial score (nSPS) is 34.5. The van der Waals surface area contributed by atoms with Crippen LogP contribution in [-0.4, -0.2) is 46.9 Å². The van der Waals surface area contributed by atoms with Crippen molar-refractivity contribution < 1.29 is 33.0 Å². The molecule has 0 bridgehead atoms. The molecule has 0 aromatic heterocycles. The Bertz CT molecular complexity index is 293. The third-order valence-corrected chi connectivity index (χ3v) is 2.70. The highest BCUT2D eigenvalue weighted by Crippen LogP contribution is 2.37. The summed E-state index contributed by atoms with van der Waals surface area (Å²) in [7, 11) is -4.30. The smallest absolute Gasteiger partial charge is 0.351 e. The Morgan fingerprint density at radius 3 is 2.53 bits per heavy atom. The Balaban J connectivity index is 2.59. The van der Waals surface area contributed by atoms with Gasteiger partial charge >= 0.3 is 7.60 Å². The van der Waals surface area contributed by atoms with E-state index in [0.29, 0.717) is 0 Å². The van der Waals surface area contributed by atoms with Crippen LogP contribution in [0.25, 0.3) is 0 Å². The summed E-state index contributed by atoms with van der Waals surface area (Å²) in [6.07, 6.45) is -5.19. The summed E-state index contributed by atoms with van der Waals surface area (Å²) in [4.78, 5) is 17.3. The van der Waals surface area contributed by atoms with Gasteiger partial charge in [-0.1, -0.05) is 0 Å². The maximum Gasteiger partial charge on any atom is 0.351 e. The predicted molar refractivity (Wildman–Crippen MR) is 57.2 cm³/mol. The zero-order chi connectivity index (χ0) is 13.2. The second-order valence-electron chi connectivity index (χ2n) is 4.26. The second-order valence-corrected chi connectivity index (χ2v) is 5.85. The highest BCUT2D eigenvalue weighted by Gasteiger charge is 2.45. The molecule has 0 aromatic rings. The Labute approximate surface area is 99.2 Å². The fourth-order valence-corrected chi connectivity index (χ4v) is 1.88. The van der Waals surface area contributed by atoms with Crippen molar-refractivity contribution in [1.82, 2.24) is 0 Å². The molecule has 0 amide bonds. The molecule has 17 heavy (non-hydrogen) atoms. The van der Waals surface area contributed by atoms with Crippen molar-refractivity contribution in [2.75, 3.05) is 6.35 Å². The highest BCUT2D eigenvalue weighted by molar-refractivity contribution is 7.51. The van der Waals surface area contributed by atoms with E-state index in [0.717, 1.165) is 0 Å². The summed E-state index contributed by atoms with van der Waals surface area (Å²) in [5.41, 5.74) is 0. The van der Waals surface area contributed by atoms with E-state index in [9.17, 15) is 8.96 Å². The standard InChI is InChI=1S/C9H18FO6P/c1-5(2)15-8-7(10)6(3)16-9(8)14-4-17(11,12)13/h5-9H,4H2,1-3H3,(H2,11,12,13)/t6-,7-,8-,9-/m0/s1. The minimum atomic E-state index is -4.30. The summed E-state index contributed by atoms with van der Waals surface area (Å²) >= 11 is 0. The van der Waals surface area contributed by atoms with Gasteiger partial charge in [0, 0.05) is 0 Å². The first-order valence-corrected chi connectivity index (χ1v) is 7.11. The van der Waals surface area contributed by atoms with E-state index in [-0.39, 0.29) is 6.10 Å². The molecule has 1 fully saturated rings. The Morgan fingerprint density at radius 1 is 1.47 bits per heavy atom. The zero-order valence-electron chi connectivity index (χ0n) is 9.95. The average Bonchev–Trinajstić information content (AvgIpc) is 2.41. The molecule has 1 saturated heterocycles. The van der Waals surface area contributed by atoms with E-state index in [2.05, 4.69) is 0 Å². The van der Waals surface area contributed by atoms with E-state index in [1.807, 2.05) is 0 Å².